The van der Waals surface area contributed by atoms with Crippen molar-refractivity contribution < 1.29 is 22.7 Å². The van der Waals surface area contributed by atoms with E-state index in [4.69, 9.17) is 9.72 Å². The van der Waals surface area contributed by atoms with Crippen molar-refractivity contribution in [3.8, 4) is 17.1 Å². The number of nitrogens with zero attached hydrogens (tertiary/aromatic N) is 4. The van der Waals surface area contributed by atoms with Gasteiger partial charge in [0.1, 0.15) is 5.75 Å². The van der Waals surface area contributed by atoms with Gasteiger partial charge in [-0.3, -0.25) is 4.79 Å². The molecule has 1 fully saturated rings. The molecule has 3 heterocycles. The van der Waals surface area contributed by atoms with Crippen LogP contribution in [0.5, 0.6) is 5.75 Å². The third-order valence-corrected chi connectivity index (χ3v) is 5.86. The molecule has 2 aromatic heterocycles. The fraction of sp³-hybridized carbons (Fsp3) is 0.250. The maximum atomic E-state index is 13.3. The molecule has 5 rings (SSSR count). The first-order valence-electron chi connectivity index (χ1n) is 10.7. The fourth-order valence-electron chi connectivity index (χ4n) is 4.22. The lowest BCUT2D eigenvalue weighted by atomic mass is 10.1. The van der Waals surface area contributed by atoms with E-state index in [2.05, 4.69) is 15.0 Å². The zero-order valence-corrected chi connectivity index (χ0v) is 18.1. The van der Waals surface area contributed by atoms with Crippen LogP contribution in [0.4, 0.5) is 13.2 Å². The molecule has 1 saturated heterocycles. The lowest BCUT2D eigenvalue weighted by molar-refractivity contribution is -0.144. The molecule has 1 amide bonds. The van der Waals surface area contributed by atoms with E-state index in [-0.39, 0.29) is 23.0 Å². The summed E-state index contributed by atoms with van der Waals surface area (Å²) < 4.78 is 44.2. The molecule has 0 bridgehead atoms. The summed E-state index contributed by atoms with van der Waals surface area (Å²) in [6.07, 6.45) is -1.41. The lowest BCUT2D eigenvalue weighted by Crippen LogP contribution is -2.31. The van der Waals surface area contributed by atoms with E-state index >= 15 is 0 Å². The highest BCUT2D eigenvalue weighted by molar-refractivity contribution is 5.97. The zero-order chi connectivity index (χ0) is 23.9. The van der Waals surface area contributed by atoms with Gasteiger partial charge in [0.05, 0.1) is 29.9 Å². The van der Waals surface area contributed by atoms with Gasteiger partial charge < -0.3 is 14.6 Å². The van der Waals surface area contributed by atoms with Gasteiger partial charge in [-0.05, 0) is 49.2 Å². The number of nitrogens with one attached hydrogen (secondary N) is 1. The highest BCUT2D eigenvalue weighted by Crippen LogP contribution is 2.34. The number of H-pyrrole nitrogens is 1. The summed E-state index contributed by atoms with van der Waals surface area (Å²) in [5.74, 6) is -0.146. The van der Waals surface area contributed by atoms with Crippen molar-refractivity contribution >= 4 is 16.9 Å². The molecule has 1 aliphatic rings. The second-order valence-corrected chi connectivity index (χ2v) is 8.01. The van der Waals surface area contributed by atoms with Crippen LogP contribution in [0.3, 0.4) is 0 Å². The third kappa shape index (κ3) is 4.07. The van der Waals surface area contributed by atoms with Crippen molar-refractivity contribution in [2.45, 2.75) is 25.1 Å². The van der Waals surface area contributed by atoms with Crippen molar-refractivity contribution in [2.24, 2.45) is 0 Å². The first-order chi connectivity index (χ1) is 16.3. The minimum atomic E-state index is -4.59. The summed E-state index contributed by atoms with van der Waals surface area (Å²) >= 11 is 0. The number of carbonyl (C=O) groups excluding carboxylic acids is 1. The number of fused-ring (bicyclic) bond motifs is 1. The minimum Gasteiger partial charge on any atom is -0.497 e. The number of benzene rings is 2. The molecular weight excluding hydrogens is 447 g/mol. The Hall–Kier alpha value is -3.95. The number of ether oxygens (including phenoxy) is 1. The number of methoxy groups -OCH3 is 1. The number of aromatic nitrogens is 4. The first-order valence-corrected chi connectivity index (χ1v) is 10.7. The van der Waals surface area contributed by atoms with Crippen LogP contribution in [0, 0.1) is 0 Å². The molecule has 34 heavy (non-hydrogen) atoms. The quantitative estimate of drug-likeness (QED) is 0.455. The molecule has 10 heteroatoms. The summed E-state index contributed by atoms with van der Waals surface area (Å²) in [6, 6.07) is 13.3. The van der Waals surface area contributed by atoms with E-state index in [0.717, 1.165) is 18.4 Å². The van der Waals surface area contributed by atoms with Gasteiger partial charge in [0, 0.05) is 23.9 Å². The Kier molecular flexibility index (Phi) is 5.43. The summed E-state index contributed by atoms with van der Waals surface area (Å²) in [5, 5.41) is 0. The largest absolute Gasteiger partial charge is 0.497 e. The van der Waals surface area contributed by atoms with Crippen LogP contribution in [0.25, 0.3) is 22.4 Å². The number of carbonyl (C=O) groups is 1. The molecule has 0 spiro atoms. The summed E-state index contributed by atoms with van der Waals surface area (Å²) in [4.78, 5) is 29.9. The number of likely N-dealkylation sites (tertiary alicyclic amines) is 1. The molecule has 7 nitrogen and oxygen atoms in total. The first kappa shape index (κ1) is 21.9. The molecule has 1 atom stereocenters. The highest BCUT2D eigenvalue weighted by Gasteiger charge is 2.35. The van der Waals surface area contributed by atoms with Gasteiger partial charge in [0.25, 0.3) is 5.91 Å². The van der Waals surface area contributed by atoms with E-state index in [9.17, 15) is 18.0 Å². The molecule has 1 aliphatic heterocycles. The fourth-order valence-corrected chi connectivity index (χ4v) is 4.22. The molecule has 0 aliphatic carbocycles. The normalized spacial score (nSPS) is 16.2. The topological polar surface area (TPSA) is 84.0 Å². The second kappa shape index (κ2) is 8.44. The summed E-state index contributed by atoms with van der Waals surface area (Å²) in [7, 11) is 1.59. The SMILES string of the molecule is COc1cccc(-c2nccc([C@H]3CCCN3C(=O)c3ccc4nc(C(F)(F)F)[nH]c4c3)n2)c1. The molecule has 4 aromatic rings. The van der Waals surface area contributed by atoms with E-state index in [1.165, 1.54) is 18.2 Å². The van der Waals surface area contributed by atoms with Gasteiger partial charge >= 0.3 is 6.18 Å². The van der Waals surface area contributed by atoms with Crippen LogP contribution in [0.15, 0.2) is 54.7 Å². The number of hydrogen-bond donors (Lipinski definition) is 1. The van der Waals surface area contributed by atoms with Gasteiger partial charge in [0.2, 0.25) is 5.82 Å². The third-order valence-electron chi connectivity index (χ3n) is 5.86. The number of aromatic amines is 1. The summed E-state index contributed by atoms with van der Waals surface area (Å²) in [6.45, 7) is 0.525. The molecule has 174 valence electrons. The Balaban J connectivity index is 1.43. The average Bonchev–Trinajstić information content (AvgIpc) is 3.50. The van der Waals surface area contributed by atoms with E-state index in [1.54, 1.807) is 24.3 Å². The van der Waals surface area contributed by atoms with Crippen LogP contribution in [-0.2, 0) is 6.18 Å². The molecule has 1 N–H and O–H groups in total. The maximum Gasteiger partial charge on any atom is 0.449 e. The van der Waals surface area contributed by atoms with E-state index in [1.807, 2.05) is 24.3 Å². The average molecular weight is 467 g/mol. The van der Waals surface area contributed by atoms with Crippen LogP contribution < -0.4 is 4.74 Å². The Morgan fingerprint density at radius 1 is 1.15 bits per heavy atom. The van der Waals surface area contributed by atoms with Gasteiger partial charge in [-0.25, -0.2) is 15.0 Å². The Morgan fingerprint density at radius 2 is 2.00 bits per heavy atom. The highest BCUT2D eigenvalue weighted by atomic mass is 19.4. The van der Waals surface area contributed by atoms with Crippen LogP contribution in [0.2, 0.25) is 0 Å². The molecule has 2 aromatic carbocycles. The smallest absolute Gasteiger partial charge is 0.449 e. The number of hydrogen-bond acceptors (Lipinski definition) is 5. The van der Waals surface area contributed by atoms with Crippen LogP contribution in [0.1, 0.15) is 40.8 Å². The predicted octanol–water partition coefficient (Wildman–Crippen LogP) is 5.02. The molecular formula is C24H20F3N5O2. The minimum absolute atomic E-state index is 0.153. The maximum absolute atomic E-state index is 13.3. The van der Waals surface area contributed by atoms with Crippen LogP contribution in [-0.4, -0.2) is 44.4 Å². The Morgan fingerprint density at radius 3 is 2.79 bits per heavy atom. The number of rotatable bonds is 4. The molecule has 0 unspecified atom stereocenters. The van der Waals surface area contributed by atoms with Gasteiger partial charge in [-0.1, -0.05) is 12.1 Å². The number of amides is 1. The lowest BCUT2D eigenvalue weighted by Gasteiger charge is -2.24. The van der Waals surface area contributed by atoms with Gasteiger partial charge in [0.15, 0.2) is 5.82 Å². The number of imidazole rings is 1. The Bertz CT molecular complexity index is 1370. The summed E-state index contributed by atoms with van der Waals surface area (Å²) in [5.41, 5.74) is 2.11. The predicted molar refractivity (Wildman–Crippen MR) is 118 cm³/mol. The Labute approximate surface area is 192 Å². The number of halogens is 3. The van der Waals surface area contributed by atoms with Crippen molar-refractivity contribution in [1.82, 2.24) is 24.8 Å². The van der Waals surface area contributed by atoms with Crippen molar-refractivity contribution in [3.05, 3.63) is 71.8 Å². The van der Waals surface area contributed by atoms with Crippen molar-refractivity contribution in [1.29, 1.82) is 0 Å². The number of alkyl halides is 3. The zero-order valence-electron chi connectivity index (χ0n) is 18.1. The standard InChI is InChI=1S/C24H20F3N5O2/c1-34-16-5-2-4-14(12-16)21-28-10-9-18(29-21)20-6-3-11-32(20)22(33)15-7-8-17-19(13-15)31-23(30-17)24(25,26)27/h2,4-5,7-10,12-13,20H,3,6,11H2,1H3,(H,30,31)/t20-/m1/s1. The second-order valence-electron chi connectivity index (χ2n) is 8.01. The molecule has 0 saturated carbocycles. The van der Waals surface area contributed by atoms with Gasteiger partial charge in [-0.15, -0.1) is 0 Å². The van der Waals surface area contributed by atoms with Crippen molar-refractivity contribution in [3.63, 3.8) is 0 Å². The monoisotopic (exact) mass is 467 g/mol. The van der Waals surface area contributed by atoms with E-state index < -0.39 is 12.0 Å². The van der Waals surface area contributed by atoms with Crippen molar-refractivity contribution in [2.75, 3.05) is 13.7 Å². The van der Waals surface area contributed by atoms with Crippen LogP contribution >= 0.6 is 0 Å². The van der Waals surface area contributed by atoms with Gasteiger partial charge in [-0.2, -0.15) is 13.2 Å². The van der Waals surface area contributed by atoms with E-state index in [0.29, 0.717) is 29.4 Å². The molecule has 0 radical (unpaired) electrons.